The summed E-state index contributed by atoms with van der Waals surface area (Å²) in [6, 6.07) is 9.06. The SMILES string of the molecule is COc1ccc(C(O)c2nc3cc(Br)cnc3[nH]2)cc1. The Hall–Kier alpha value is -1.92. The predicted molar refractivity (Wildman–Crippen MR) is 78.6 cm³/mol. The Bertz CT molecular complexity index is 740. The molecular weight excluding hydrogens is 322 g/mol. The third-order valence-corrected chi connectivity index (χ3v) is 3.45. The van der Waals surface area contributed by atoms with Gasteiger partial charge in [-0.05, 0) is 39.7 Å². The minimum absolute atomic E-state index is 0.468. The highest BCUT2D eigenvalue weighted by Crippen LogP contribution is 2.24. The van der Waals surface area contributed by atoms with Gasteiger partial charge in [-0.25, -0.2) is 9.97 Å². The minimum Gasteiger partial charge on any atom is -0.497 e. The number of rotatable bonds is 3. The van der Waals surface area contributed by atoms with Gasteiger partial charge in [0.25, 0.3) is 0 Å². The minimum atomic E-state index is -0.825. The quantitative estimate of drug-likeness (QED) is 0.773. The van der Waals surface area contributed by atoms with Crippen LogP contribution in [0.15, 0.2) is 41.0 Å². The second kappa shape index (κ2) is 5.22. The zero-order chi connectivity index (χ0) is 14.1. The maximum atomic E-state index is 10.4. The van der Waals surface area contributed by atoms with Crippen LogP contribution in [0.4, 0.5) is 0 Å². The van der Waals surface area contributed by atoms with Gasteiger partial charge in [0.1, 0.15) is 23.2 Å². The molecule has 2 aromatic heterocycles. The van der Waals surface area contributed by atoms with Gasteiger partial charge < -0.3 is 14.8 Å². The van der Waals surface area contributed by atoms with Crippen LogP contribution in [0.25, 0.3) is 11.2 Å². The molecule has 1 atom stereocenters. The van der Waals surface area contributed by atoms with E-state index in [2.05, 4.69) is 30.9 Å². The summed E-state index contributed by atoms with van der Waals surface area (Å²) < 4.78 is 5.94. The average molecular weight is 334 g/mol. The number of hydrogen-bond acceptors (Lipinski definition) is 4. The van der Waals surface area contributed by atoms with Crippen LogP contribution in [0.3, 0.4) is 0 Å². The Kier molecular flexibility index (Phi) is 3.42. The number of methoxy groups -OCH3 is 1. The number of ether oxygens (including phenoxy) is 1. The molecule has 0 spiro atoms. The zero-order valence-electron chi connectivity index (χ0n) is 10.7. The molecule has 5 nitrogen and oxygen atoms in total. The van der Waals surface area contributed by atoms with E-state index in [1.807, 2.05) is 6.07 Å². The Morgan fingerprint density at radius 1 is 1.30 bits per heavy atom. The maximum Gasteiger partial charge on any atom is 0.157 e. The lowest BCUT2D eigenvalue weighted by Gasteiger charge is -2.08. The summed E-state index contributed by atoms with van der Waals surface area (Å²) in [5, 5.41) is 10.4. The number of hydrogen-bond donors (Lipinski definition) is 2. The standard InChI is InChI=1S/C14H12BrN3O2/c1-20-10-4-2-8(3-5-10)12(19)14-17-11-6-9(15)7-16-13(11)18-14/h2-7,12,19H,1H3,(H,16,17,18). The number of nitrogens with zero attached hydrogens (tertiary/aromatic N) is 2. The fraction of sp³-hybridized carbons (Fsp3) is 0.143. The molecule has 6 heteroatoms. The van der Waals surface area contributed by atoms with Gasteiger partial charge in [-0.1, -0.05) is 12.1 Å². The molecule has 0 aliphatic rings. The van der Waals surface area contributed by atoms with E-state index >= 15 is 0 Å². The van der Waals surface area contributed by atoms with Crippen molar-refractivity contribution >= 4 is 27.1 Å². The Morgan fingerprint density at radius 3 is 2.75 bits per heavy atom. The number of H-pyrrole nitrogens is 1. The van der Waals surface area contributed by atoms with Crippen LogP contribution in [0.5, 0.6) is 5.75 Å². The highest BCUT2D eigenvalue weighted by Gasteiger charge is 2.15. The van der Waals surface area contributed by atoms with Crippen molar-refractivity contribution in [1.82, 2.24) is 15.0 Å². The van der Waals surface area contributed by atoms with E-state index in [-0.39, 0.29) is 0 Å². The average Bonchev–Trinajstić information content (AvgIpc) is 2.89. The first-order valence-corrected chi connectivity index (χ1v) is 6.80. The molecule has 0 saturated heterocycles. The van der Waals surface area contributed by atoms with Crippen LogP contribution < -0.4 is 4.74 Å². The number of halogens is 1. The Labute approximate surface area is 123 Å². The molecule has 0 amide bonds. The van der Waals surface area contributed by atoms with Crippen molar-refractivity contribution in [3.63, 3.8) is 0 Å². The van der Waals surface area contributed by atoms with Crippen molar-refractivity contribution in [3.05, 3.63) is 52.4 Å². The predicted octanol–water partition coefficient (Wildman–Crippen LogP) is 2.81. The number of fused-ring (bicyclic) bond motifs is 1. The van der Waals surface area contributed by atoms with Crippen LogP contribution >= 0.6 is 15.9 Å². The molecular formula is C14H12BrN3O2. The zero-order valence-corrected chi connectivity index (χ0v) is 12.3. The number of aliphatic hydroxyl groups is 1. The van der Waals surface area contributed by atoms with Gasteiger partial charge in [0.15, 0.2) is 5.65 Å². The van der Waals surface area contributed by atoms with Crippen LogP contribution in [0.1, 0.15) is 17.5 Å². The first kappa shape index (κ1) is 13.1. The number of aromatic nitrogens is 3. The molecule has 0 saturated carbocycles. The van der Waals surface area contributed by atoms with Crippen molar-refractivity contribution in [3.8, 4) is 5.75 Å². The highest BCUT2D eigenvalue weighted by molar-refractivity contribution is 9.10. The van der Waals surface area contributed by atoms with Gasteiger partial charge in [0.2, 0.25) is 0 Å². The highest BCUT2D eigenvalue weighted by atomic mass is 79.9. The fourth-order valence-electron chi connectivity index (χ4n) is 1.96. The van der Waals surface area contributed by atoms with Crippen molar-refractivity contribution in [2.75, 3.05) is 7.11 Å². The van der Waals surface area contributed by atoms with Crippen molar-refractivity contribution < 1.29 is 9.84 Å². The molecule has 102 valence electrons. The third-order valence-electron chi connectivity index (χ3n) is 3.01. The van der Waals surface area contributed by atoms with E-state index in [0.717, 1.165) is 15.8 Å². The molecule has 1 aromatic carbocycles. The van der Waals surface area contributed by atoms with E-state index in [4.69, 9.17) is 4.74 Å². The third kappa shape index (κ3) is 2.39. The second-order valence-corrected chi connectivity index (χ2v) is 5.23. The Morgan fingerprint density at radius 2 is 2.05 bits per heavy atom. The number of aliphatic hydroxyl groups excluding tert-OH is 1. The number of benzene rings is 1. The lowest BCUT2D eigenvalue weighted by Crippen LogP contribution is -2.01. The summed E-state index contributed by atoms with van der Waals surface area (Å²) in [7, 11) is 1.61. The summed E-state index contributed by atoms with van der Waals surface area (Å²) in [6.07, 6.45) is 0.859. The molecule has 20 heavy (non-hydrogen) atoms. The fourth-order valence-corrected chi connectivity index (χ4v) is 2.28. The molecule has 0 aliphatic carbocycles. The number of nitrogens with one attached hydrogen (secondary N) is 1. The van der Waals surface area contributed by atoms with Gasteiger partial charge in [-0.15, -0.1) is 0 Å². The van der Waals surface area contributed by atoms with Gasteiger partial charge >= 0.3 is 0 Å². The molecule has 3 aromatic rings. The summed E-state index contributed by atoms with van der Waals surface area (Å²) in [6.45, 7) is 0. The lowest BCUT2D eigenvalue weighted by atomic mass is 10.1. The van der Waals surface area contributed by atoms with Gasteiger partial charge in [0, 0.05) is 10.7 Å². The van der Waals surface area contributed by atoms with Gasteiger partial charge in [-0.2, -0.15) is 0 Å². The number of aromatic amines is 1. The van der Waals surface area contributed by atoms with Crippen LogP contribution in [-0.4, -0.2) is 27.2 Å². The van der Waals surface area contributed by atoms with E-state index in [1.54, 1.807) is 37.6 Å². The summed E-state index contributed by atoms with van der Waals surface area (Å²) in [5.74, 6) is 1.21. The summed E-state index contributed by atoms with van der Waals surface area (Å²) >= 11 is 3.35. The topological polar surface area (TPSA) is 71.0 Å². The normalized spacial score (nSPS) is 12.6. The maximum absolute atomic E-state index is 10.4. The van der Waals surface area contributed by atoms with Crippen LogP contribution in [0, 0.1) is 0 Å². The van der Waals surface area contributed by atoms with E-state index in [9.17, 15) is 5.11 Å². The van der Waals surface area contributed by atoms with Crippen molar-refractivity contribution in [2.24, 2.45) is 0 Å². The number of imidazole rings is 1. The lowest BCUT2D eigenvalue weighted by molar-refractivity contribution is 0.211. The van der Waals surface area contributed by atoms with E-state index in [1.165, 1.54) is 0 Å². The molecule has 0 radical (unpaired) electrons. The van der Waals surface area contributed by atoms with Crippen LogP contribution in [0.2, 0.25) is 0 Å². The summed E-state index contributed by atoms with van der Waals surface area (Å²) in [4.78, 5) is 11.6. The van der Waals surface area contributed by atoms with Crippen molar-refractivity contribution in [2.45, 2.75) is 6.10 Å². The molecule has 0 bridgehead atoms. The molecule has 2 N–H and O–H groups in total. The molecule has 0 fully saturated rings. The number of pyridine rings is 1. The monoisotopic (exact) mass is 333 g/mol. The Balaban J connectivity index is 1.96. The molecule has 1 unspecified atom stereocenters. The summed E-state index contributed by atoms with van der Waals surface area (Å²) in [5.41, 5.74) is 2.10. The van der Waals surface area contributed by atoms with E-state index in [0.29, 0.717) is 17.0 Å². The van der Waals surface area contributed by atoms with Gasteiger partial charge in [-0.3, -0.25) is 0 Å². The smallest absolute Gasteiger partial charge is 0.157 e. The molecule has 2 heterocycles. The largest absolute Gasteiger partial charge is 0.497 e. The first-order chi connectivity index (χ1) is 9.67. The second-order valence-electron chi connectivity index (χ2n) is 4.32. The molecule has 3 rings (SSSR count). The van der Waals surface area contributed by atoms with Crippen LogP contribution in [-0.2, 0) is 0 Å². The van der Waals surface area contributed by atoms with E-state index < -0.39 is 6.10 Å². The van der Waals surface area contributed by atoms with Gasteiger partial charge in [0.05, 0.1) is 7.11 Å². The first-order valence-electron chi connectivity index (χ1n) is 6.00. The molecule has 0 aliphatic heterocycles. The van der Waals surface area contributed by atoms with Crippen molar-refractivity contribution in [1.29, 1.82) is 0 Å².